The molecule has 1 saturated heterocycles. The van der Waals surface area contributed by atoms with E-state index < -0.39 is 0 Å². The number of pyridine rings is 1. The summed E-state index contributed by atoms with van der Waals surface area (Å²) >= 11 is 0. The van der Waals surface area contributed by atoms with Crippen LogP contribution in [-0.2, 0) is 0 Å². The van der Waals surface area contributed by atoms with Gasteiger partial charge in [-0.2, -0.15) is 0 Å². The number of amides is 2. The highest BCUT2D eigenvalue weighted by atomic mass is 16.3. The third kappa shape index (κ3) is 6.22. The van der Waals surface area contributed by atoms with E-state index in [2.05, 4.69) is 34.4 Å². The number of aliphatic hydroxyl groups is 1. The Labute approximate surface area is 196 Å². The second-order valence-electron chi connectivity index (χ2n) is 9.04. The maximum Gasteiger partial charge on any atom is 0.253 e. The standard InChI is InChI=1S/C25H35N5O3/c1-17(2)22(16-31)28-24(32)19-7-9-20(10-8-19)25(33)30-14-12-29(13-15-30)23-21(27-18(3)4)6-5-11-26-23/h5-11,17-18,22,27,31H,12-16H2,1-4H3,(H,28,32)/t22-/m1/s1. The molecule has 2 aromatic rings. The molecule has 0 radical (unpaired) electrons. The molecule has 1 aliphatic rings. The zero-order valence-electron chi connectivity index (χ0n) is 19.9. The molecule has 0 aliphatic carbocycles. The average Bonchev–Trinajstić information content (AvgIpc) is 2.82. The lowest BCUT2D eigenvalue weighted by Crippen LogP contribution is -2.49. The number of carbonyl (C=O) groups excluding carboxylic acids is 2. The molecule has 3 rings (SSSR count). The average molecular weight is 454 g/mol. The number of rotatable bonds is 8. The van der Waals surface area contributed by atoms with Gasteiger partial charge in [0.25, 0.3) is 11.8 Å². The molecule has 8 nitrogen and oxygen atoms in total. The molecule has 1 atom stereocenters. The van der Waals surface area contributed by atoms with Crippen molar-refractivity contribution in [1.82, 2.24) is 15.2 Å². The fourth-order valence-corrected chi connectivity index (χ4v) is 3.82. The van der Waals surface area contributed by atoms with Crippen molar-refractivity contribution in [1.29, 1.82) is 0 Å². The van der Waals surface area contributed by atoms with Gasteiger partial charge in [-0.25, -0.2) is 4.98 Å². The summed E-state index contributed by atoms with van der Waals surface area (Å²) in [6.45, 7) is 10.6. The number of nitrogens with one attached hydrogen (secondary N) is 2. The zero-order valence-corrected chi connectivity index (χ0v) is 19.9. The summed E-state index contributed by atoms with van der Waals surface area (Å²) in [5.41, 5.74) is 2.03. The van der Waals surface area contributed by atoms with Crippen LogP contribution >= 0.6 is 0 Å². The Hall–Kier alpha value is -3.13. The largest absolute Gasteiger partial charge is 0.394 e. The van der Waals surface area contributed by atoms with Gasteiger partial charge in [-0.15, -0.1) is 0 Å². The van der Waals surface area contributed by atoms with Crippen LogP contribution < -0.4 is 15.5 Å². The van der Waals surface area contributed by atoms with E-state index in [0.717, 1.165) is 11.5 Å². The number of piperazine rings is 1. The predicted molar refractivity (Wildman–Crippen MR) is 131 cm³/mol. The molecule has 2 amide bonds. The minimum atomic E-state index is -0.300. The SMILES string of the molecule is CC(C)Nc1cccnc1N1CCN(C(=O)c2ccc(C(=O)N[C@H](CO)C(C)C)cc2)CC1. The van der Waals surface area contributed by atoms with Crippen molar-refractivity contribution in [3.05, 3.63) is 53.7 Å². The van der Waals surface area contributed by atoms with Crippen molar-refractivity contribution in [2.45, 2.75) is 39.8 Å². The van der Waals surface area contributed by atoms with Crippen LogP contribution in [0.1, 0.15) is 48.4 Å². The fraction of sp³-hybridized carbons (Fsp3) is 0.480. The quantitative estimate of drug-likeness (QED) is 0.569. The van der Waals surface area contributed by atoms with Crippen LogP contribution in [0.4, 0.5) is 11.5 Å². The van der Waals surface area contributed by atoms with E-state index in [1.165, 1.54) is 0 Å². The first-order valence-corrected chi connectivity index (χ1v) is 11.6. The second kappa shape index (κ2) is 11.1. The summed E-state index contributed by atoms with van der Waals surface area (Å²) in [4.78, 5) is 34.0. The van der Waals surface area contributed by atoms with Crippen LogP contribution in [0.5, 0.6) is 0 Å². The van der Waals surface area contributed by atoms with Gasteiger partial charge in [0, 0.05) is 49.5 Å². The van der Waals surface area contributed by atoms with Gasteiger partial charge in [-0.1, -0.05) is 13.8 Å². The lowest BCUT2D eigenvalue weighted by Gasteiger charge is -2.36. The Kier molecular flexibility index (Phi) is 8.27. The van der Waals surface area contributed by atoms with Crippen LogP contribution in [0, 0.1) is 5.92 Å². The van der Waals surface area contributed by atoms with E-state index in [1.54, 1.807) is 30.5 Å². The molecule has 0 bridgehead atoms. The summed E-state index contributed by atoms with van der Waals surface area (Å²) in [5.74, 6) is 0.744. The number of anilines is 2. The highest BCUT2D eigenvalue weighted by molar-refractivity contribution is 5.98. The van der Waals surface area contributed by atoms with Crippen LogP contribution in [-0.4, -0.2) is 71.7 Å². The number of aliphatic hydroxyl groups excluding tert-OH is 1. The molecule has 1 aliphatic heterocycles. The summed E-state index contributed by atoms with van der Waals surface area (Å²) in [6.07, 6.45) is 1.79. The van der Waals surface area contributed by atoms with Gasteiger partial charge in [0.2, 0.25) is 0 Å². The Bertz CT molecular complexity index is 937. The van der Waals surface area contributed by atoms with Crippen molar-refractivity contribution < 1.29 is 14.7 Å². The van der Waals surface area contributed by atoms with Gasteiger partial charge >= 0.3 is 0 Å². The molecule has 1 aromatic heterocycles. The number of hydrogen-bond acceptors (Lipinski definition) is 6. The third-order valence-electron chi connectivity index (χ3n) is 5.81. The molecule has 178 valence electrons. The van der Waals surface area contributed by atoms with Crippen molar-refractivity contribution in [3.63, 3.8) is 0 Å². The smallest absolute Gasteiger partial charge is 0.253 e. The van der Waals surface area contributed by atoms with Gasteiger partial charge in [0.15, 0.2) is 5.82 Å². The number of hydrogen-bond donors (Lipinski definition) is 3. The van der Waals surface area contributed by atoms with Crippen molar-refractivity contribution in [3.8, 4) is 0 Å². The number of benzene rings is 1. The number of aromatic nitrogens is 1. The molecule has 1 fully saturated rings. The molecule has 3 N–H and O–H groups in total. The summed E-state index contributed by atoms with van der Waals surface area (Å²) in [5, 5.41) is 15.7. The number of nitrogens with zero attached hydrogens (tertiary/aromatic N) is 3. The predicted octanol–water partition coefficient (Wildman–Crippen LogP) is 2.61. The summed E-state index contributed by atoms with van der Waals surface area (Å²) in [7, 11) is 0. The molecule has 8 heteroatoms. The van der Waals surface area contributed by atoms with Gasteiger partial charge in [0.1, 0.15) is 0 Å². The minimum absolute atomic E-state index is 0.0430. The van der Waals surface area contributed by atoms with Crippen LogP contribution in [0.3, 0.4) is 0 Å². The molecular formula is C25H35N5O3. The van der Waals surface area contributed by atoms with E-state index in [9.17, 15) is 14.7 Å². The highest BCUT2D eigenvalue weighted by Gasteiger charge is 2.24. The lowest BCUT2D eigenvalue weighted by atomic mass is 10.0. The first-order valence-electron chi connectivity index (χ1n) is 11.6. The molecule has 0 unspecified atom stereocenters. The number of carbonyl (C=O) groups is 2. The van der Waals surface area contributed by atoms with Gasteiger partial charge in [-0.3, -0.25) is 9.59 Å². The minimum Gasteiger partial charge on any atom is -0.394 e. The highest BCUT2D eigenvalue weighted by Crippen LogP contribution is 2.25. The topological polar surface area (TPSA) is 97.8 Å². The van der Waals surface area contributed by atoms with Gasteiger partial charge in [-0.05, 0) is 56.2 Å². The van der Waals surface area contributed by atoms with E-state index in [0.29, 0.717) is 43.3 Å². The van der Waals surface area contributed by atoms with E-state index in [-0.39, 0.29) is 30.4 Å². The van der Waals surface area contributed by atoms with E-state index in [1.807, 2.05) is 30.9 Å². The molecular weight excluding hydrogens is 418 g/mol. The summed E-state index contributed by atoms with van der Waals surface area (Å²) in [6, 6.07) is 10.7. The first kappa shape index (κ1) is 24.5. The molecule has 0 spiro atoms. The van der Waals surface area contributed by atoms with Crippen LogP contribution in [0.2, 0.25) is 0 Å². The van der Waals surface area contributed by atoms with Crippen LogP contribution in [0.15, 0.2) is 42.6 Å². The zero-order chi connectivity index (χ0) is 24.0. The lowest BCUT2D eigenvalue weighted by molar-refractivity contribution is 0.0745. The van der Waals surface area contributed by atoms with Crippen molar-refractivity contribution in [2.75, 3.05) is 43.0 Å². The Morgan fingerprint density at radius 3 is 2.21 bits per heavy atom. The maximum absolute atomic E-state index is 13.0. The van der Waals surface area contributed by atoms with Gasteiger partial charge < -0.3 is 25.5 Å². The Morgan fingerprint density at radius 1 is 1.00 bits per heavy atom. The fourth-order valence-electron chi connectivity index (χ4n) is 3.82. The molecule has 33 heavy (non-hydrogen) atoms. The van der Waals surface area contributed by atoms with Gasteiger partial charge in [0.05, 0.1) is 18.3 Å². The summed E-state index contributed by atoms with van der Waals surface area (Å²) < 4.78 is 0. The van der Waals surface area contributed by atoms with E-state index >= 15 is 0 Å². The monoisotopic (exact) mass is 453 g/mol. The first-order chi connectivity index (χ1) is 15.8. The second-order valence-corrected chi connectivity index (χ2v) is 9.04. The van der Waals surface area contributed by atoms with Crippen LogP contribution in [0.25, 0.3) is 0 Å². The van der Waals surface area contributed by atoms with Crippen molar-refractivity contribution >= 4 is 23.3 Å². The normalized spacial score (nSPS) is 15.0. The van der Waals surface area contributed by atoms with E-state index in [4.69, 9.17) is 0 Å². The maximum atomic E-state index is 13.0. The third-order valence-corrected chi connectivity index (χ3v) is 5.81. The molecule has 1 aromatic carbocycles. The molecule has 0 saturated carbocycles. The Morgan fingerprint density at radius 2 is 1.64 bits per heavy atom. The molecule has 2 heterocycles. The van der Waals surface area contributed by atoms with Crippen molar-refractivity contribution in [2.24, 2.45) is 5.92 Å². The Balaban J connectivity index is 1.59.